The van der Waals surface area contributed by atoms with E-state index in [-0.39, 0.29) is 0 Å². The Labute approximate surface area is 70.1 Å². The molecule has 3 nitrogen and oxygen atoms in total. The Bertz CT molecular complexity index is 272. The molecular formula is C7H8ClN3. The van der Waals surface area contributed by atoms with E-state index >= 15 is 0 Å². The fourth-order valence-corrected chi connectivity index (χ4v) is 1.05. The second kappa shape index (κ2) is 2.85. The number of hydrogen-bond donors (Lipinski definition) is 2. The average molecular weight is 170 g/mol. The molecule has 1 unspecified atom stereocenters. The summed E-state index contributed by atoms with van der Waals surface area (Å²) in [7, 11) is 0. The Morgan fingerprint density at radius 1 is 1.82 bits per heavy atom. The normalized spacial score (nSPS) is 23.7. The summed E-state index contributed by atoms with van der Waals surface area (Å²) in [5.41, 5.74) is 6.82. The standard InChI is InChI=1S/C7H8ClN3/c1-4-3-11-7(8)5(2-9)6(4)10/h3,7,11H,10H2,1H3. The molecule has 11 heavy (non-hydrogen) atoms. The van der Waals surface area contributed by atoms with E-state index in [1.807, 2.05) is 13.0 Å². The van der Waals surface area contributed by atoms with Crippen molar-refractivity contribution in [1.82, 2.24) is 5.32 Å². The number of alkyl halides is 1. The van der Waals surface area contributed by atoms with Gasteiger partial charge in [-0.25, -0.2) is 0 Å². The molecular weight excluding hydrogens is 162 g/mol. The first-order valence-corrected chi connectivity index (χ1v) is 3.57. The molecule has 0 aromatic heterocycles. The maximum absolute atomic E-state index is 8.61. The van der Waals surface area contributed by atoms with Gasteiger partial charge in [-0.05, 0) is 12.5 Å². The number of halogens is 1. The van der Waals surface area contributed by atoms with E-state index in [9.17, 15) is 0 Å². The van der Waals surface area contributed by atoms with Gasteiger partial charge in [0.05, 0.1) is 11.3 Å². The smallest absolute Gasteiger partial charge is 0.139 e. The van der Waals surface area contributed by atoms with Crippen LogP contribution in [0.25, 0.3) is 0 Å². The third-order valence-corrected chi connectivity index (χ3v) is 1.88. The number of nitrogens with one attached hydrogen (secondary N) is 1. The molecule has 0 saturated heterocycles. The van der Waals surface area contributed by atoms with Gasteiger partial charge in [0.2, 0.25) is 0 Å². The summed E-state index contributed by atoms with van der Waals surface area (Å²) in [6.07, 6.45) is 1.70. The lowest BCUT2D eigenvalue weighted by atomic mass is 10.1. The molecule has 1 rings (SSSR count). The quantitative estimate of drug-likeness (QED) is 0.417. The molecule has 1 heterocycles. The zero-order valence-electron chi connectivity index (χ0n) is 6.06. The minimum absolute atomic E-state index is 0.395. The van der Waals surface area contributed by atoms with E-state index in [4.69, 9.17) is 22.6 Å². The minimum atomic E-state index is -0.483. The van der Waals surface area contributed by atoms with E-state index in [0.29, 0.717) is 11.3 Å². The predicted molar refractivity (Wildman–Crippen MR) is 43.4 cm³/mol. The number of rotatable bonds is 0. The Kier molecular flexibility index (Phi) is 2.06. The van der Waals surface area contributed by atoms with Crippen LogP contribution in [0.5, 0.6) is 0 Å². The molecule has 0 aromatic carbocycles. The van der Waals surface area contributed by atoms with Crippen LogP contribution < -0.4 is 11.1 Å². The average Bonchev–Trinajstić information content (AvgIpc) is 1.99. The fourth-order valence-electron chi connectivity index (χ4n) is 0.825. The van der Waals surface area contributed by atoms with Gasteiger partial charge in [-0.3, -0.25) is 0 Å². The van der Waals surface area contributed by atoms with Crippen molar-refractivity contribution in [2.75, 3.05) is 0 Å². The maximum atomic E-state index is 8.61. The summed E-state index contributed by atoms with van der Waals surface area (Å²) < 4.78 is 0. The zero-order valence-corrected chi connectivity index (χ0v) is 6.81. The molecule has 3 N–H and O–H groups in total. The van der Waals surface area contributed by atoms with Crippen molar-refractivity contribution in [3.05, 3.63) is 23.0 Å². The van der Waals surface area contributed by atoms with Gasteiger partial charge in [0.25, 0.3) is 0 Å². The van der Waals surface area contributed by atoms with Gasteiger partial charge in [-0.2, -0.15) is 5.26 Å². The number of nitrogens with zero attached hydrogens (tertiary/aromatic N) is 1. The lowest BCUT2D eigenvalue weighted by molar-refractivity contribution is 0.840. The molecule has 0 spiro atoms. The molecule has 1 aliphatic heterocycles. The predicted octanol–water partition coefficient (Wildman–Crippen LogP) is 0.795. The highest BCUT2D eigenvalue weighted by Gasteiger charge is 2.17. The Morgan fingerprint density at radius 2 is 2.45 bits per heavy atom. The van der Waals surface area contributed by atoms with E-state index < -0.39 is 5.50 Å². The molecule has 0 aliphatic carbocycles. The van der Waals surface area contributed by atoms with E-state index in [1.165, 1.54) is 0 Å². The van der Waals surface area contributed by atoms with Crippen LogP contribution in [0.2, 0.25) is 0 Å². The Hall–Kier alpha value is -1.14. The number of nitrogens with two attached hydrogens (primary N) is 1. The minimum Gasteiger partial charge on any atom is -0.398 e. The van der Waals surface area contributed by atoms with Crippen LogP contribution in [0.1, 0.15) is 6.92 Å². The van der Waals surface area contributed by atoms with Crippen molar-refractivity contribution in [2.24, 2.45) is 5.73 Å². The van der Waals surface area contributed by atoms with Gasteiger partial charge in [0, 0.05) is 6.20 Å². The maximum Gasteiger partial charge on any atom is 0.139 e. The molecule has 0 bridgehead atoms. The Morgan fingerprint density at radius 3 is 2.91 bits per heavy atom. The second-order valence-corrected chi connectivity index (χ2v) is 2.73. The van der Waals surface area contributed by atoms with Crippen molar-refractivity contribution in [3.8, 4) is 6.07 Å². The highest BCUT2D eigenvalue weighted by Crippen LogP contribution is 2.18. The van der Waals surface area contributed by atoms with Gasteiger partial charge >= 0.3 is 0 Å². The molecule has 1 aliphatic rings. The molecule has 4 heteroatoms. The zero-order chi connectivity index (χ0) is 8.43. The summed E-state index contributed by atoms with van der Waals surface area (Å²) in [6, 6.07) is 1.95. The summed E-state index contributed by atoms with van der Waals surface area (Å²) >= 11 is 5.73. The van der Waals surface area contributed by atoms with Crippen molar-refractivity contribution < 1.29 is 0 Å². The van der Waals surface area contributed by atoms with Gasteiger partial charge in [-0.15, -0.1) is 0 Å². The summed E-state index contributed by atoms with van der Waals surface area (Å²) in [5, 5.41) is 11.4. The first-order chi connectivity index (χ1) is 5.16. The first-order valence-electron chi connectivity index (χ1n) is 3.14. The number of dihydropyridines is 1. The Balaban J connectivity index is 3.08. The van der Waals surface area contributed by atoms with Gasteiger partial charge in [-0.1, -0.05) is 11.6 Å². The van der Waals surface area contributed by atoms with Crippen LogP contribution in [0.4, 0.5) is 0 Å². The fraction of sp³-hybridized carbons (Fsp3) is 0.286. The summed E-state index contributed by atoms with van der Waals surface area (Å²) in [5.74, 6) is 0. The molecule has 1 atom stereocenters. The largest absolute Gasteiger partial charge is 0.398 e. The molecule has 0 saturated carbocycles. The van der Waals surface area contributed by atoms with Crippen LogP contribution in [-0.4, -0.2) is 5.50 Å². The third-order valence-electron chi connectivity index (χ3n) is 1.54. The number of nitriles is 1. The topological polar surface area (TPSA) is 61.8 Å². The third kappa shape index (κ3) is 1.31. The van der Waals surface area contributed by atoms with Crippen LogP contribution >= 0.6 is 11.6 Å². The van der Waals surface area contributed by atoms with Crippen LogP contribution in [0, 0.1) is 11.3 Å². The monoisotopic (exact) mass is 169 g/mol. The highest BCUT2D eigenvalue weighted by molar-refractivity contribution is 6.22. The van der Waals surface area contributed by atoms with Crippen LogP contribution in [0.15, 0.2) is 23.0 Å². The van der Waals surface area contributed by atoms with E-state index in [0.717, 1.165) is 5.57 Å². The van der Waals surface area contributed by atoms with Crippen molar-refractivity contribution in [1.29, 1.82) is 5.26 Å². The first kappa shape index (κ1) is 7.96. The van der Waals surface area contributed by atoms with Crippen LogP contribution in [0.3, 0.4) is 0 Å². The van der Waals surface area contributed by atoms with Crippen LogP contribution in [-0.2, 0) is 0 Å². The molecule has 0 fully saturated rings. The second-order valence-electron chi connectivity index (χ2n) is 2.30. The number of allylic oxidation sites excluding steroid dienone is 1. The molecule has 0 radical (unpaired) electrons. The summed E-state index contributed by atoms with van der Waals surface area (Å²) in [4.78, 5) is 0. The van der Waals surface area contributed by atoms with Crippen molar-refractivity contribution >= 4 is 11.6 Å². The van der Waals surface area contributed by atoms with E-state index in [1.54, 1.807) is 6.20 Å². The van der Waals surface area contributed by atoms with Gasteiger partial charge < -0.3 is 11.1 Å². The van der Waals surface area contributed by atoms with E-state index in [2.05, 4.69) is 5.32 Å². The molecule has 58 valence electrons. The lowest BCUT2D eigenvalue weighted by Crippen LogP contribution is -2.27. The summed E-state index contributed by atoms with van der Waals surface area (Å²) in [6.45, 7) is 1.82. The number of hydrogen-bond acceptors (Lipinski definition) is 3. The molecule has 0 amide bonds. The van der Waals surface area contributed by atoms with Gasteiger partial charge in [0.15, 0.2) is 0 Å². The lowest BCUT2D eigenvalue weighted by Gasteiger charge is -2.17. The highest BCUT2D eigenvalue weighted by atomic mass is 35.5. The molecule has 0 aromatic rings. The SMILES string of the molecule is CC1=CNC(Cl)C(C#N)=C1N. The van der Waals surface area contributed by atoms with Crippen molar-refractivity contribution in [3.63, 3.8) is 0 Å². The van der Waals surface area contributed by atoms with Crippen molar-refractivity contribution in [2.45, 2.75) is 12.4 Å². The van der Waals surface area contributed by atoms with Gasteiger partial charge in [0.1, 0.15) is 11.6 Å².